The zero-order chi connectivity index (χ0) is 23.7. The molecule has 1 aliphatic heterocycles. The first-order valence-electron chi connectivity index (χ1n) is 10.7. The predicted molar refractivity (Wildman–Crippen MR) is 125 cm³/mol. The third kappa shape index (κ3) is 7.37. The van der Waals surface area contributed by atoms with Gasteiger partial charge in [0.05, 0.1) is 5.56 Å². The minimum atomic E-state index is -0.667. The van der Waals surface area contributed by atoms with Crippen molar-refractivity contribution in [2.24, 2.45) is 4.99 Å². The van der Waals surface area contributed by atoms with E-state index in [-0.39, 0.29) is 42.4 Å². The SMILES string of the molecule is CC[C@@H](C)NC(=O)COC(=O)c1cccc(NC(=O)C[C@@H]2SC(N(CC)CC)=NC2=O)c1. The monoisotopic (exact) mass is 462 g/mol. The molecule has 0 spiro atoms. The Morgan fingerprint density at radius 2 is 1.91 bits per heavy atom. The number of nitrogens with zero attached hydrogens (tertiary/aromatic N) is 2. The molecule has 0 aromatic heterocycles. The first-order valence-corrected chi connectivity index (χ1v) is 11.6. The van der Waals surface area contributed by atoms with Crippen molar-refractivity contribution >= 4 is 46.3 Å². The molecule has 2 N–H and O–H groups in total. The lowest BCUT2D eigenvalue weighted by molar-refractivity contribution is -0.124. The van der Waals surface area contributed by atoms with E-state index in [1.165, 1.54) is 23.9 Å². The summed E-state index contributed by atoms with van der Waals surface area (Å²) in [6.07, 6.45) is 0.748. The minimum absolute atomic E-state index is 0.00171. The van der Waals surface area contributed by atoms with E-state index in [0.717, 1.165) is 19.5 Å². The molecule has 3 amide bonds. The highest BCUT2D eigenvalue weighted by Gasteiger charge is 2.32. The molecule has 1 aliphatic rings. The van der Waals surface area contributed by atoms with Gasteiger partial charge in [-0.1, -0.05) is 24.8 Å². The zero-order valence-electron chi connectivity index (χ0n) is 18.8. The average Bonchev–Trinajstić information content (AvgIpc) is 3.12. The van der Waals surface area contributed by atoms with Crippen LogP contribution >= 0.6 is 11.8 Å². The highest BCUT2D eigenvalue weighted by Crippen LogP contribution is 2.27. The number of hydrogen-bond acceptors (Lipinski definition) is 7. The Bertz CT molecular complexity index is 885. The van der Waals surface area contributed by atoms with E-state index in [1.54, 1.807) is 12.1 Å². The topological polar surface area (TPSA) is 117 Å². The number of benzene rings is 1. The molecule has 0 radical (unpaired) electrons. The molecule has 0 saturated carbocycles. The fourth-order valence-electron chi connectivity index (χ4n) is 2.88. The lowest BCUT2D eigenvalue weighted by Crippen LogP contribution is -2.35. The Kier molecular flexibility index (Phi) is 9.70. The smallest absolute Gasteiger partial charge is 0.338 e. The molecule has 0 fully saturated rings. The summed E-state index contributed by atoms with van der Waals surface area (Å²) < 4.78 is 5.04. The molecule has 174 valence electrons. The van der Waals surface area contributed by atoms with Gasteiger partial charge in [-0.3, -0.25) is 14.4 Å². The van der Waals surface area contributed by atoms with E-state index in [2.05, 4.69) is 15.6 Å². The Hall–Kier alpha value is -2.88. The second-order valence-corrected chi connectivity index (χ2v) is 8.47. The van der Waals surface area contributed by atoms with Crippen molar-refractivity contribution in [3.8, 4) is 0 Å². The Labute approximate surface area is 192 Å². The largest absolute Gasteiger partial charge is 0.452 e. The summed E-state index contributed by atoms with van der Waals surface area (Å²) in [6.45, 7) is 8.85. The zero-order valence-corrected chi connectivity index (χ0v) is 19.7. The summed E-state index contributed by atoms with van der Waals surface area (Å²) in [5.74, 6) is -1.72. The molecule has 1 heterocycles. The van der Waals surface area contributed by atoms with Crippen molar-refractivity contribution in [3.63, 3.8) is 0 Å². The second-order valence-electron chi connectivity index (χ2n) is 7.30. The molecule has 2 rings (SSSR count). The maximum Gasteiger partial charge on any atom is 0.338 e. The number of carbonyl (C=O) groups excluding carboxylic acids is 4. The lowest BCUT2D eigenvalue weighted by Gasteiger charge is -2.19. The predicted octanol–water partition coefficient (Wildman–Crippen LogP) is 2.43. The number of rotatable bonds is 10. The molecule has 0 unspecified atom stereocenters. The molecule has 0 aliphatic carbocycles. The van der Waals surface area contributed by atoms with Crippen molar-refractivity contribution in [1.82, 2.24) is 10.2 Å². The number of thioether (sulfide) groups is 1. The van der Waals surface area contributed by atoms with Gasteiger partial charge in [0.25, 0.3) is 11.8 Å². The number of anilines is 1. The molecule has 0 saturated heterocycles. The van der Waals surface area contributed by atoms with Crippen LogP contribution in [0.15, 0.2) is 29.3 Å². The first kappa shape index (κ1) is 25.4. The first-order chi connectivity index (χ1) is 15.3. The summed E-state index contributed by atoms with van der Waals surface area (Å²) in [5, 5.41) is 5.49. The maximum atomic E-state index is 12.4. The number of ether oxygens (including phenoxy) is 1. The van der Waals surface area contributed by atoms with Crippen molar-refractivity contribution in [1.29, 1.82) is 0 Å². The van der Waals surface area contributed by atoms with Crippen LogP contribution in [-0.2, 0) is 19.1 Å². The summed E-state index contributed by atoms with van der Waals surface area (Å²) in [5.41, 5.74) is 0.603. The van der Waals surface area contributed by atoms with Crippen molar-refractivity contribution < 1.29 is 23.9 Å². The highest BCUT2D eigenvalue weighted by atomic mass is 32.2. The summed E-state index contributed by atoms with van der Waals surface area (Å²) in [4.78, 5) is 54.6. The van der Waals surface area contributed by atoms with E-state index in [4.69, 9.17) is 4.74 Å². The Morgan fingerprint density at radius 1 is 1.19 bits per heavy atom. The molecule has 1 aromatic carbocycles. The van der Waals surface area contributed by atoms with Gasteiger partial charge >= 0.3 is 5.97 Å². The highest BCUT2D eigenvalue weighted by molar-refractivity contribution is 8.15. The number of esters is 1. The summed E-state index contributed by atoms with van der Waals surface area (Å²) >= 11 is 1.29. The fourth-order valence-corrected chi connectivity index (χ4v) is 4.07. The van der Waals surface area contributed by atoms with Crippen molar-refractivity contribution in [3.05, 3.63) is 29.8 Å². The summed E-state index contributed by atoms with van der Waals surface area (Å²) in [6, 6.07) is 6.23. The average molecular weight is 463 g/mol. The molecule has 0 bridgehead atoms. The normalized spacial score (nSPS) is 16.2. The van der Waals surface area contributed by atoms with Crippen molar-refractivity contribution in [2.75, 3.05) is 25.0 Å². The second kappa shape index (κ2) is 12.2. The number of amides is 3. The maximum absolute atomic E-state index is 12.4. The quantitative estimate of drug-likeness (QED) is 0.513. The number of nitrogens with one attached hydrogen (secondary N) is 2. The molecular formula is C22H30N4O5S. The van der Waals surface area contributed by atoms with E-state index >= 15 is 0 Å². The van der Waals surface area contributed by atoms with Gasteiger partial charge in [0, 0.05) is 31.2 Å². The molecule has 2 atom stereocenters. The van der Waals surface area contributed by atoms with Gasteiger partial charge in [-0.2, -0.15) is 4.99 Å². The van der Waals surface area contributed by atoms with E-state index in [0.29, 0.717) is 10.9 Å². The van der Waals surface area contributed by atoms with Crippen LogP contribution in [0.3, 0.4) is 0 Å². The van der Waals surface area contributed by atoms with Crippen LogP contribution in [0.4, 0.5) is 5.69 Å². The third-order valence-corrected chi connectivity index (χ3v) is 6.08. The van der Waals surface area contributed by atoms with Gasteiger partial charge in [-0.05, 0) is 45.4 Å². The standard InChI is InChI=1S/C22H30N4O5S/c1-5-14(4)23-19(28)13-31-21(30)15-9-8-10-16(11-15)24-18(27)12-17-20(29)25-22(32-17)26(6-2)7-3/h8-11,14,17H,5-7,12-13H2,1-4H3,(H,23,28)(H,24,27)/t14-,17+/m1/s1. The molecule has 1 aromatic rings. The van der Waals surface area contributed by atoms with Crippen LogP contribution in [-0.4, -0.2) is 64.7 Å². The summed E-state index contributed by atoms with van der Waals surface area (Å²) in [7, 11) is 0. The van der Waals surface area contributed by atoms with Gasteiger partial charge < -0.3 is 20.3 Å². The third-order valence-electron chi connectivity index (χ3n) is 4.87. The molecule has 9 nitrogen and oxygen atoms in total. The van der Waals surface area contributed by atoms with Crippen molar-refractivity contribution in [2.45, 2.75) is 51.8 Å². The molecule has 10 heteroatoms. The van der Waals surface area contributed by atoms with Crippen LogP contribution in [0.5, 0.6) is 0 Å². The number of hydrogen-bond donors (Lipinski definition) is 2. The van der Waals surface area contributed by atoms with E-state index < -0.39 is 11.2 Å². The molecule has 32 heavy (non-hydrogen) atoms. The van der Waals surface area contributed by atoms with Crippen LogP contribution in [0.2, 0.25) is 0 Å². The number of carbonyl (C=O) groups is 4. The van der Waals surface area contributed by atoms with Crippen LogP contribution in [0.1, 0.15) is 50.9 Å². The van der Waals surface area contributed by atoms with E-state index in [1.807, 2.05) is 32.6 Å². The van der Waals surface area contributed by atoms with Gasteiger partial charge in [-0.25, -0.2) is 4.79 Å². The fraction of sp³-hybridized carbons (Fsp3) is 0.500. The van der Waals surface area contributed by atoms with Gasteiger partial charge in [0.1, 0.15) is 5.25 Å². The molecular weight excluding hydrogens is 432 g/mol. The van der Waals surface area contributed by atoms with Crippen LogP contribution < -0.4 is 10.6 Å². The minimum Gasteiger partial charge on any atom is -0.452 e. The van der Waals surface area contributed by atoms with Gasteiger partial charge in [0.2, 0.25) is 5.91 Å². The van der Waals surface area contributed by atoms with Gasteiger partial charge in [0.15, 0.2) is 11.8 Å². The van der Waals surface area contributed by atoms with Gasteiger partial charge in [-0.15, -0.1) is 0 Å². The Balaban J connectivity index is 1.88. The Morgan fingerprint density at radius 3 is 2.56 bits per heavy atom. The van der Waals surface area contributed by atoms with Crippen LogP contribution in [0, 0.1) is 0 Å². The number of aliphatic imine (C=N–C) groups is 1. The van der Waals surface area contributed by atoms with Crippen LogP contribution in [0.25, 0.3) is 0 Å². The van der Waals surface area contributed by atoms with E-state index in [9.17, 15) is 19.2 Å². The lowest BCUT2D eigenvalue weighted by atomic mass is 10.2. The number of amidine groups is 1.